The summed E-state index contributed by atoms with van der Waals surface area (Å²) in [5.74, 6) is 2.04. The maximum Gasteiger partial charge on any atom is 0.228 e. The van der Waals surface area contributed by atoms with Crippen molar-refractivity contribution in [3.05, 3.63) is 24.3 Å². The topological polar surface area (TPSA) is 118 Å². The summed E-state index contributed by atoms with van der Waals surface area (Å²) >= 11 is 0. The SMILES string of the molecule is CCOCCn1nc(CNC(C)(C)C)c2nc(N3CCNCC3)nc(Nc3ccncn3)c21. The number of nitrogens with one attached hydrogen (secondary N) is 3. The normalized spacial score (nSPS) is 14.7. The third-order valence-corrected chi connectivity index (χ3v) is 5.31. The van der Waals surface area contributed by atoms with Crippen LogP contribution >= 0.6 is 0 Å². The molecule has 33 heavy (non-hydrogen) atoms. The van der Waals surface area contributed by atoms with E-state index < -0.39 is 0 Å². The van der Waals surface area contributed by atoms with Gasteiger partial charge in [0, 0.05) is 51.1 Å². The Labute approximate surface area is 194 Å². The lowest BCUT2D eigenvalue weighted by Gasteiger charge is -2.27. The van der Waals surface area contributed by atoms with Crippen molar-refractivity contribution in [2.75, 3.05) is 49.6 Å². The van der Waals surface area contributed by atoms with Crippen molar-refractivity contribution in [1.82, 2.24) is 40.3 Å². The van der Waals surface area contributed by atoms with Crippen molar-refractivity contribution in [3.8, 4) is 0 Å². The number of nitrogens with zero attached hydrogens (tertiary/aromatic N) is 7. The molecule has 3 aromatic rings. The molecule has 0 atom stereocenters. The van der Waals surface area contributed by atoms with Crippen LogP contribution in [0.25, 0.3) is 11.0 Å². The number of aromatic nitrogens is 6. The lowest BCUT2D eigenvalue weighted by Crippen LogP contribution is -2.44. The van der Waals surface area contributed by atoms with E-state index in [1.165, 1.54) is 6.33 Å². The van der Waals surface area contributed by atoms with E-state index in [0.717, 1.165) is 42.9 Å². The van der Waals surface area contributed by atoms with Crippen LogP contribution in [0.15, 0.2) is 18.6 Å². The zero-order valence-corrected chi connectivity index (χ0v) is 19.9. The van der Waals surface area contributed by atoms with Crippen LogP contribution in [0.5, 0.6) is 0 Å². The first-order valence-electron chi connectivity index (χ1n) is 11.5. The molecule has 1 aliphatic rings. The van der Waals surface area contributed by atoms with Crippen molar-refractivity contribution in [3.63, 3.8) is 0 Å². The van der Waals surface area contributed by atoms with Crippen molar-refractivity contribution in [2.45, 2.75) is 46.3 Å². The lowest BCUT2D eigenvalue weighted by molar-refractivity contribution is 0.137. The van der Waals surface area contributed by atoms with Crippen LogP contribution < -0.4 is 20.9 Å². The summed E-state index contributed by atoms with van der Waals surface area (Å²) in [6.07, 6.45) is 3.22. The quantitative estimate of drug-likeness (QED) is 0.412. The Morgan fingerprint density at radius 3 is 2.70 bits per heavy atom. The van der Waals surface area contributed by atoms with E-state index in [9.17, 15) is 0 Å². The van der Waals surface area contributed by atoms with Gasteiger partial charge in [-0.15, -0.1) is 0 Å². The van der Waals surface area contributed by atoms with Crippen LogP contribution in [0.1, 0.15) is 33.4 Å². The maximum atomic E-state index is 5.61. The Morgan fingerprint density at radius 2 is 2.00 bits per heavy atom. The molecule has 0 radical (unpaired) electrons. The van der Waals surface area contributed by atoms with Gasteiger partial charge in [0.25, 0.3) is 0 Å². The third-order valence-electron chi connectivity index (χ3n) is 5.31. The van der Waals surface area contributed by atoms with Gasteiger partial charge in [-0.2, -0.15) is 10.1 Å². The Balaban J connectivity index is 1.81. The molecule has 4 rings (SSSR count). The Hall–Kier alpha value is -2.89. The van der Waals surface area contributed by atoms with Gasteiger partial charge in [0.1, 0.15) is 28.9 Å². The standard InChI is InChI=1S/C22H34N10O/c1-5-33-13-12-32-19-18(16(30-32)14-26-22(2,3)4)28-21(31-10-8-23-9-11-31)29-20(19)27-17-6-7-24-15-25-17/h6-7,15,23,26H,5,8-14H2,1-4H3,(H,24,25,27,28,29). The van der Waals surface area contributed by atoms with Gasteiger partial charge in [0.2, 0.25) is 5.95 Å². The first-order valence-corrected chi connectivity index (χ1v) is 11.5. The molecule has 1 saturated heterocycles. The van der Waals surface area contributed by atoms with Crippen LogP contribution in [-0.4, -0.2) is 74.6 Å². The minimum absolute atomic E-state index is 0.0438. The third kappa shape index (κ3) is 5.92. The minimum Gasteiger partial charge on any atom is -0.380 e. The fourth-order valence-corrected chi connectivity index (χ4v) is 3.64. The Bertz CT molecular complexity index is 1040. The molecular weight excluding hydrogens is 420 g/mol. The van der Waals surface area contributed by atoms with Crippen LogP contribution in [0, 0.1) is 0 Å². The summed E-state index contributed by atoms with van der Waals surface area (Å²) in [5.41, 5.74) is 2.53. The van der Waals surface area contributed by atoms with E-state index in [0.29, 0.717) is 43.9 Å². The molecule has 0 amide bonds. The summed E-state index contributed by atoms with van der Waals surface area (Å²) in [6, 6.07) is 1.82. The van der Waals surface area contributed by atoms with E-state index in [1.54, 1.807) is 6.20 Å². The first-order chi connectivity index (χ1) is 15.9. The van der Waals surface area contributed by atoms with Crippen molar-refractivity contribution >= 4 is 28.6 Å². The molecule has 0 spiro atoms. The van der Waals surface area contributed by atoms with Gasteiger partial charge in [-0.1, -0.05) is 0 Å². The summed E-state index contributed by atoms with van der Waals surface area (Å²) in [5, 5.41) is 15.2. The van der Waals surface area contributed by atoms with Gasteiger partial charge in [0.05, 0.1) is 13.2 Å². The molecule has 0 unspecified atom stereocenters. The van der Waals surface area contributed by atoms with Gasteiger partial charge >= 0.3 is 0 Å². The predicted molar refractivity (Wildman–Crippen MR) is 129 cm³/mol. The van der Waals surface area contributed by atoms with Crippen LogP contribution in [0.4, 0.5) is 17.6 Å². The molecule has 4 heterocycles. The highest BCUT2D eigenvalue weighted by molar-refractivity contribution is 5.90. The van der Waals surface area contributed by atoms with Gasteiger partial charge < -0.3 is 25.6 Å². The maximum absolute atomic E-state index is 5.61. The average molecular weight is 455 g/mol. The highest BCUT2D eigenvalue weighted by atomic mass is 16.5. The summed E-state index contributed by atoms with van der Waals surface area (Å²) in [6.45, 7) is 14.4. The zero-order chi connectivity index (χ0) is 23.3. The molecule has 3 aromatic heterocycles. The van der Waals surface area contributed by atoms with Crippen LogP contribution in [0.2, 0.25) is 0 Å². The summed E-state index contributed by atoms with van der Waals surface area (Å²) in [4.78, 5) is 20.5. The van der Waals surface area contributed by atoms with Gasteiger partial charge in [-0.25, -0.2) is 15.0 Å². The number of ether oxygens (including phenoxy) is 1. The highest BCUT2D eigenvalue weighted by Gasteiger charge is 2.23. The number of fused-ring (bicyclic) bond motifs is 1. The fourth-order valence-electron chi connectivity index (χ4n) is 3.64. The van der Waals surface area contributed by atoms with E-state index in [1.807, 2.05) is 17.7 Å². The average Bonchev–Trinajstić information content (AvgIpc) is 3.16. The fraction of sp³-hybridized carbons (Fsp3) is 0.591. The molecule has 11 heteroatoms. The van der Waals surface area contributed by atoms with E-state index in [4.69, 9.17) is 19.8 Å². The van der Waals surface area contributed by atoms with E-state index in [-0.39, 0.29) is 5.54 Å². The number of rotatable bonds is 9. The molecular formula is C22H34N10O. The monoisotopic (exact) mass is 454 g/mol. The lowest BCUT2D eigenvalue weighted by atomic mass is 10.1. The Morgan fingerprint density at radius 1 is 1.18 bits per heavy atom. The van der Waals surface area contributed by atoms with Crippen LogP contribution in [-0.2, 0) is 17.8 Å². The largest absolute Gasteiger partial charge is 0.380 e. The van der Waals surface area contributed by atoms with E-state index >= 15 is 0 Å². The molecule has 11 nitrogen and oxygen atoms in total. The molecule has 178 valence electrons. The number of hydrogen-bond donors (Lipinski definition) is 3. The number of piperazine rings is 1. The first kappa shape index (κ1) is 23.3. The summed E-state index contributed by atoms with van der Waals surface area (Å²) in [7, 11) is 0. The zero-order valence-electron chi connectivity index (χ0n) is 19.9. The number of hydrogen-bond acceptors (Lipinski definition) is 10. The molecule has 3 N–H and O–H groups in total. The van der Waals surface area contributed by atoms with Gasteiger partial charge in [-0.3, -0.25) is 4.68 Å². The highest BCUT2D eigenvalue weighted by Crippen LogP contribution is 2.29. The molecule has 0 aliphatic carbocycles. The van der Waals surface area contributed by atoms with Gasteiger partial charge in [-0.05, 0) is 33.8 Å². The predicted octanol–water partition coefficient (Wildman–Crippen LogP) is 1.69. The molecule has 0 aromatic carbocycles. The Kier molecular flexibility index (Phi) is 7.31. The van der Waals surface area contributed by atoms with Crippen molar-refractivity contribution < 1.29 is 4.74 Å². The second-order valence-corrected chi connectivity index (χ2v) is 9.00. The molecule has 0 bridgehead atoms. The van der Waals surface area contributed by atoms with Crippen molar-refractivity contribution in [2.24, 2.45) is 0 Å². The van der Waals surface area contributed by atoms with Crippen LogP contribution in [0.3, 0.4) is 0 Å². The molecule has 1 fully saturated rings. The van der Waals surface area contributed by atoms with Gasteiger partial charge in [0.15, 0.2) is 5.82 Å². The molecule has 1 aliphatic heterocycles. The van der Waals surface area contributed by atoms with Crippen molar-refractivity contribution in [1.29, 1.82) is 0 Å². The summed E-state index contributed by atoms with van der Waals surface area (Å²) < 4.78 is 7.55. The molecule has 0 saturated carbocycles. The number of anilines is 3. The minimum atomic E-state index is -0.0438. The van der Waals surface area contributed by atoms with E-state index in [2.05, 4.69) is 51.6 Å². The second kappa shape index (κ2) is 10.4. The second-order valence-electron chi connectivity index (χ2n) is 9.00. The smallest absolute Gasteiger partial charge is 0.228 e.